The van der Waals surface area contributed by atoms with Crippen LogP contribution in [0.1, 0.15) is 95.1 Å². The molecule has 6 atom stereocenters. The molecule has 2 aromatic heterocycles. The number of aromatic nitrogens is 2. The Balaban J connectivity index is 0.976. The summed E-state index contributed by atoms with van der Waals surface area (Å²) in [6.45, 7) is 9.54. The van der Waals surface area contributed by atoms with E-state index in [1.807, 2.05) is 94.1 Å². The molecule has 10 rings (SSSR count). The third-order valence-corrected chi connectivity index (χ3v) is 17.6. The van der Waals surface area contributed by atoms with Crippen molar-refractivity contribution in [1.82, 2.24) is 39.6 Å². The molecule has 1 N–H and O–H groups in total. The highest BCUT2D eigenvalue weighted by molar-refractivity contribution is 6.00. The van der Waals surface area contributed by atoms with Crippen molar-refractivity contribution in [2.75, 3.05) is 74.1 Å². The number of urea groups is 1. The number of carbonyl (C=O) groups is 5. The molecule has 4 fully saturated rings. The predicted molar refractivity (Wildman–Crippen MR) is 298 cm³/mol. The number of carbonyl (C=O) groups excluding carboxylic acids is 5. The molecule has 4 aliphatic heterocycles. The molecular formula is C61H76F3N9O7. The number of likely N-dealkylation sites (tertiary alicyclic amines) is 2. The fraction of sp³-hybridized carbons (Fsp3) is 0.557. The van der Waals surface area contributed by atoms with Gasteiger partial charge in [-0.25, -0.2) is 15.2 Å². The molecule has 0 radical (unpaired) electrons. The minimum absolute atomic E-state index is 0.00677. The van der Waals surface area contributed by atoms with Crippen LogP contribution >= 0.6 is 0 Å². The minimum Gasteiger partial charge on any atom is -0.465 e. The summed E-state index contributed by atoms with van der Waals surface area (Å²) in [6, 6.07) is 15.0. The van der Waals surface area contributed by atoms with Gasteiger partial charge in [-0.3, -0.25) is 29.2 Å². The van der Waals surface area contributed by atoms with E-state index in [1.54, 1.807) is 54.5 Å². The zero-order chi connectivity index (χ0) is 57.0. The predicted octanol–water partition coefficient (Wildman–Crippen LogP) is 8.70. The average molecular weight is 1100 g/mol. The molecule has 2 aromatic carbocycles. The lowest BCUT2D eigenvalue weighted by Crippen LogP contribution is -2.63. The summed E-state index contributed by atoms with van der Waals surface area (Å²) in [5, 5.41) is 2.19. The summed E-state index contributed by atoms with van der Waals surface area (Å²) in [5.41, 5.74) is 7.23. The topological polar surface area (TPSA) is 162 Å². The van der Waals surface area contributed by atoms with Gasteiger partial charge in [-0.15, -0.1) is 0 Å². The van der Waals surface area contributed by atoms with Gasteiger partial charge in [0.25, 0.3) is 5.91 Å². The number of fused-ring (bicyclic) bond motifs is 9. The van der Waals surface area contributed by atoms with Gasteiger partial charge in [-0.05, 0) is 117 Å². The number of likely N-dealkylation sites (N-methyl/N-ethyl adjacent to an activating group) is 2. The molecule has 428 valence electrons. The smallest absolute Gasteiger partial charge is 0.406 e. The number of methoxy groups -OCH3 is 1. The summed E-state index contributed by atoms with van der Waals surface area (Å²) in [4.78, 5) is 87.6. The summed E-state index contributed by atoms with van der Waals surface area (Å²) in [5.74, 6) is -3.76. The SMILES string of the molecule is CO[C@@H]1c2ncccc2-c2c3c4cc(ccc4n2CC(F)(F)F)-c2cccc(c2)CC(C=NC(=O)[C@H](C(C)C)N(C)C(=O)N2CCC4(CC2)CN(C(=O)/C=C/CN(C)C)C4)C(=O)N2CCC[C@@H](C(=O)OCC(C)(C)C31)C(C1CC1)N2. The minimum atomic E-state index is -4.57. The van der Waals surface area contributed by atoms with Gasteiger partial charge >= 0.3 is 18.2 Å². The third kappa shape index (κ3) is 11.4. The average Bonchev–Trinajstić information content (AvgIpc) is 4.38. The molecule has 6 heterocycles. The lowest BCUT2D eigenvalue weighted by atomic mass is 9.67. The van der Waals surface area contributed by atoms with E-state index < -0.39 is 66.0 Å². The maximum absolute atomic E-state index is 15.2. The molecule has 3 unspecified atom stereocenters. The van der Waals surface area contributed by atoms with Crippen molar-refractivity contribution in [2.24, 2.45) is 39.5 Å². The Labute approximate surface area is 466 Å². The number of esters is 1. The molecule has 1 spiro atoms. The van der Waals surface area contributed by atoms with Crippen molar-refractivity contribution in [1.29, 1.82) is 0 Å². The quantitative estimate of drug-likeness (QED) is 0.0924. The Kier molecular flexibility index (Phi) is 16.0. The van der Waals surface area contributed by atoms with E-state index in [1.165, 1.54) is 15.7 Å². The Hall–Kier alpha value is -6.44. The number of hydrogen-bond donors (Lipinski definition) is 1. The number of halogens is 3. The van der Waals surface area contributed by atoms with E-state index in [4.69, 9.17) is 14.5 Å². The number of ether oxygens (including phenoxy) is 2. The molecule has 6 aliphatic rings. The van der Waals surface area contributed by atoms with Gasteiger partial charge in [-0.2, -0.15) is 13.2 Å². The van der Waals surface area contributed by atoms with Crippen LogP contribution in [0.4, 0.5) is 18.0 Å². The van der Waals surface area contributed by atoms with Crippen molar-refractivity contribution in [3.05, 3.63) is 89.8 Å². The van der Waals surface area contributed by atoms with Gasteiger partial charge in [0.05, 0.1) is 29.8 Å². The summed E-state index contributed by atoms with van der Waals surface area (Å²) >= 11 is 0. The first-order valence-corrected chi connectivity index (χ1v) is 28.3. The Morgan fingerprint density at radius 2 is 1.70 bits per heavy atom. The highest BCUT2D eigenvalue weighted by Crippen LogP contribution is 2.57. The lowest BCUT2D eigenvalue weighted by Gasteiger charge is -2.54. The van der Waals surface area contributed by atoms with Crippen molar-refractivity contribution in [3.8, 4) is 22.4 Å². The fourth-order valence-corrected chi connectivity index (χ4v) is 13.4. The van der Waals surface area contributed by atoms with Gasteiger partial charge in [0, 0.05) is 111 Å². The summed E-state index contributed by atoms with van der Waals surface area (Å²) in [7, 11) is 7.09. The number of nitrogens with one attached hydrogen (secondary N) is 1. The molecular weight excluding hydrogens is 1030 g/mol. The second-order valence-electron chi connectivity index (χ2n) is 24.6. The van der Waals surface area contributed by atoms with E-state index in [0.29, 0.717) is 79.0 Å². The maximum atomic E-state index is 15.2. The molecule has 16 nitrogen and oxygen atoms in total. The van der Waals surface area contributed by atoms with Crippen molar-refractivity contribution in [2.45, 2.75) is 109 Å². The van der Waals surface area contributed by atoms with Crippen LogP contribution in [0.15, 0.2) is 77.9 Å². The number of amides is 5. The van der Waals surface area contributed by atoms with Gasteiger partial charge in [0.2, 0.25) is 11.8 Å². The lowest BCUT2D eigenvalue weighted by molar-refractivity contribution is -0.155. The van der Waals surface area contributed by atoms with Gasteiger partial charge in [0.15, 0.2) is 0 Å². The standard InChI is InChI=1S/C61H76F3N9O7/c1-37(2)52(69(7)58(78)70-27-22-60(23-28-70)33-71(34-60)47(74)17-12-25-68(5)6)55(75)66-32-42-30-38-13-9-14-40(29-38)41-20-21-46-45(31-41)48-49(54(79-8)51-43(15-10-24-65-51)53(48)72(46)35-61(62,63)64)59(3,4)36-80-57(77)44-16-11-26-73(56(42)76)67-50(44)39-18-19-39/h9-10,12-15,17,20-21,24,29,31-32,37,39,42,44,49-50,52,54,67H,11,16,18-19,22-23,25-28,30,33-36H2,1-8H3/b17-12+,66-32?/t42?,44-,49?,50?,52+,54+/m1/s1. The van der Waals surface area contributed by atoms with Crippen molar-refractivity contribution in [3.63, 3.8) is 0 Å². The van der Waals surface area contributed by atoms with Gasteiger partial charge < -0.3 is 33.6 Å². The number of hydrogen-bond acceptors (Lipinski definition) is 10. The molecule has 80 heavy (non-hydrogen) atoms. The third-order valence-electron chi connectivity index (χ3n) is 17.6. The zero-order valence-corrected chi connectivity index (χ0v) is 47.3. The molecule has 6 bridgehead atoms. The van der Waals surface area contributed by atoms with Crippen LogP contribution in [0.25, 0.3) is 33.3 Å². The van der Waals surface area contributed by atoms with E-state index in [0.717, 1.165) is 42.4 Å². The summed E-state index contributed by atoms with van der Waals surface area (Å²) in [6.07, 6.45) is 5.46. The number of cyclic esters (lactones) is 1. The molecule has 3 saturated heterocycles. The molecule has 5 amide bonds. The van der Waals surface area contributed by atoms with Crippen LogP contribution in [-0.2, 0) is 41.6 Å². The first-order chi connectivity index (χ1) is 38.1. The molecule has 4 aromatic rings. The van der Waals surface area contributed by atoms with E-state index >= 15 is 4.79 Å². The number of aliphatic imine (C=N–C) groups is 1. The number of piperidine rings is 1. The Morgan fingerprint density at radius 1 is 0.963 bits per heavy atom. The van der Waals surface area contributed by atoms with Crippen LogP contribution in [0.2, 0.25) is 0 Å². The van der Waals surface area contributed by atoms with E-state index in [2.05, 4.69) is 10.4 Å². The van der Waals surface area contributed by atoms with Crippen LogP contribution in [-0.4, -0.2) is 162 Å². The van der Waals surface area contributed by atoms with Crippen LogP contribution in [0.3, 0.4) is 0 Å². The Bertz CT molecular complexity index is 3080. The van der Waals surface area contributed by atoms with Crippen LogP contribution in [0, 0.1) is 34.5 Å². The second kappa shape index (κ2) is 22.5. The fourth-order valence-electron chi connectivity index (χ4n) is 13.4. The molecule has 1 saturated carbocycles. The van der Waals surface area contributed by atoms with Crippen LogP contribution in [0.5, 0.6) is 0 Å². The number of benzene rings is 2. The van der Waals surface area contributed by atoms with Gasteiger partial charge in [-0.1, -0.05) is 64.1 Å². The largest absolute Gasteiger partial charge is 0.465 e. The highest BCUT2D eigenvalue weighted by Gasteiger charge is 2.51. The number of nitrogens with zero attached hydrogens (tertiary/aromatic N) is 8. The Morgan fingerprint density at radius 3 is 2.39 bits per heavy atom. The van der Waals surface area contributed by atoms with E-state index in [-0.39, 0.29) is 54.7 Å². The normalized spacial score (nSPS) is 24.5. The van der Waals surface area contributed by atoms with Crippen LogP contribution < -0.4 is 5.43 Å². The van der Waals surface area contributed by atoms with Crippen molar-refractivity contribution >= 4 is 46.8 Å². The zero-order valence-electron chi connectivity index (χ0n) is 47.3. The summed E-state index contributed by atoms with van der Waals surface area (Å²) < 4.78 is 58.4. The second-order valence-corrected chi connectivity index (χ2v) is 24.6. The number of rotatable bonds is 10. The van der Waals surface area contributed by atoms with E-state index in [9.17, 15) is 32.3 Å². The first-order valence-electron chi connectivity index (χ1n) is 28.3. The number of alkyl halides is 3. The monoisotopic (exact) mass is 1100 g/mol. The molecule has 19 heteroatoms. The number of hydrazine groups is 1. The first kappa shape index (κ1) is 56.8. The highest BCUT2D eigenvalue weighted by atomic mass is 19.4. The molecule has 2 aliphatic carbocycles. The number of pyridine rings is 1. The van der Waals surface area contributed by atoms with Gasteiger partial charge in [0.1, 0.15) is 18.7 Å². The van der Waals surface area contributed by atoms with Crippen molar-refractivity contribution < 1.29 is 46.6 Å². The maximum Gasteiger partial charge on any atom is 0.406 e.